The van der Waals surface area contributed by atoms with Crippen LogP contribution in [0.15, 0.2) is 54.6 Å². The standard InChI is InChI=1S/C16H18ClNO.C2H6/c1-13(15-8-10-16(19-2)11-9-15)18(17)12-14-6-4-3-5-7-14;1-2/h3-11,13H,12H2,1-2H3;1-2H3. The minimum Gasteiger partial charge on any atom is -0.497 e. The minimum atomic E-state index is 0.146. The van der Waals surface area contributed by atoms with Gasteiger partial charge in [0.05, 0.1) is 7.11 Å². The average Bonchev–Trinajstić information content (AvgIpc) is 2.57. The van der Waals surface area contributed by atoms with Gasteiger partial charge in [0.15, 0.2) is 0 Å². The molecule has 0 aliphatic rings. The predicted molar refractivity (Wildman–Crippen MR) is 90.6 cm³/mol. The van der Waals surface area contributed by atoms with Gasteiger partial charge in [0.2, 0.25) is 0 Å². The molecule has 114 valence electrons. The van der Waals surface area contributed by atoms with Crippen LogP contribution in [0.3, 0.4) is 0 Å². The topological polar surface area (TPSA) is 12.5 Å². The second-order valence-corrected chi connectivity index (χ2v) is 4.93. The highest BCUT2D eigenvalue weighted by atomic mass is 35.5. The summed E-state index contributed by atoms with van der Waals surface area (Å²) in [5, 5.41) is 0. The second kappa shape index (κ2) is 9.43. The van der Waals surface area contributed by atoms with Crippen molar-refractivity contribution in [2.75, 3.05) is 7.11 Å². The number of rotatable bonds is 5. The van der Waals surface area contributed by atoms with Crippen LogP contribution in [0.5, 0.6) is 5.75 Å². The number of halogens is 1. The number of benzene rings is 2. The van der Waals surface area contributed by atoms with Crippen LogP contribution in [-0.2, 0) is 6.54 Å². The van der Waals surface area contributed by atoms with Gasteiger partial charge >= 0.3 is 0 Å². The molecule has 2 aromatic rings. The number of ether oxygens (including phenoxy) is 1. The van der Waals surface area contributed by atoms with Crippen molar-refractivity contribution < 1.29 is 4.74 Å². The zero-order chi connectivity index (χ0) is 15.7. The van der Waals surface area contributed by atoms with Crippen LogP contribution in [0.1, 0.15) is 37.9 Å². The van der Waals surface area contributed by atoms with Crippen molar-refractivity contribution in [1.29, 1.82) is 0 Å². The third-order valence-electron chi connectivity index (χ3n) is 3.19. The number of nitrogens with zero attached hydrogens (tertiary/aromatic N) is 1. The largest absolute Gasteiger partial charge is 0.497 e. The van der Waals surface area contributed by atoms with E-state index >= 15 is 0 Å². The van der Waals surface area contributed by atoms with Crippen molar-refractivity contribution in [3.63, 3.8) is 0 Å². The average molecular weight is 306 g/mol. The van der Waals surface area contributed by atoms with Crippen molar-refractivity contribution in [1.82, 2.24) is 4.42 Å². The number of hydrogen-bond donors (Lipinski definition) is 0. The Balaban J connectivity index is 0.00000106. The molecular weight excluding hydrogens is 282 g/mol. The molecule has 0 N–H and O–H groups in total. The Morgan fingerprint density at radius 1 is 1.00 bits per heavy atom. The van der Waals surface area contributed by atoms with Gasteiger partial charge in [-0.2, -0.15) is 0 Å². The van der Waals surface area contributed by atoms with Crippen molar-refractivity contribution in [2.45, 2.75) is 33.4 Å². The molecule has 0 spiro atoms. The molecule has 21 heavy (non-hydrogen) atoms. The van der Waals surface area contributed by atoms with Crippen molar-refractivity contribution in [3.05, 3.63) is 65.7 Å². The molecule has 0 aliphatic heterocycles. The molecule has 2 nitrogen and oxygen atoms in total. The second-order valence-electron chi connectivity index (χ2n) is 4.49. The fourth-order valence-electron chi connectivity index (χ4n) is 1.94. The van der Waals surface area contributed by atoms with Crippen LogP contribution in [0.4, 0.5) is 0 Å². The normalized spacial score (nSPS) is 11.5. The summed E-state index contributed by atoms with van der Waals surface area (Å²) in [6.07, 6.45) is 0. The summed E-state index contributed by atoms with van der Waals surface area (Å²) in [5.41, 5.74) is 2.38. The molecule has 0 amide bonds. The van der Waals surface area contributed by atoms with Crippen LogP contribution in [0, 0.1) is 0 Å². The molecule has 1 unspecified atom stereocenters. The first-order valence-corrected chi connectivity index (χ1v) is 7.65. The lowest BCUT2D eigenvalue weighted by molar-refractivity contribution is 0.361. The fourth-order valence-corrected chi connectivity index (χ4v) is 2.19. The summed E-state index contributed by atoms with van der Waals surface area (Å²) in [5.74, 6) is 0.861. The highest BCUT2D eigenvalue weighted by Gasteiger charge is 2.13. The zero-order valence-electron chi connectivity index (χ0n) is 13.2. The van der Waals surface area contributed by atoms with E-state index < -0.39 is 0 Å². The Morgan fingerprint density at radius 2 is 1.57 bits per heavy atom. The van der Waals surface area contributed by atoms with E-state index in [1.165, 1.54) is 11.1 Å². The van der Waals surface area contributed by atoms with E-state index in [9.17, 15) is 0 Å². The third-order valence-corrected chi connectivity index (χ3v) is 3.61. The van der Waals surface area contributed by atoms with Gasteiger partial charge < -0.3 is 4.74 Å². The van der Waals surface area contributed by atoms with Crippen LogP contribution in [-0.4, -0.2) is 11.5 Å². The van der Waals surface area contributed by atoms with Gasteiger partial charge in [-0.3, -0.25) is 0 Å². The van der Waals surface area contributed by atoms with E-state index in [-0.39, 0.29) is 6.04 Å². The Hall–Kier alpha value is -1.51. The summed E-state index contributed by atoms with van der Waals surface area (Å²) in [7, 11) is 1.67. The molecular formula is C18H24ClNO. The first-order chi connectivity index (χ1) is 10.2. The van der Waals surface area contributed by atoms with E-state index in [2.05, 4.69) is 19.1 Å². The smallest absolute Gasteiger partial charge is 0.118 e. The highest BCUT2D eigenvalue weighted by molar-refractivity contribution is 6.13. The Morgan fingerprint density at radius 3 is 2.10 bits per heavy atom. The summed E-state index contributed by atoms with van der Waals surface area (Å²) >= 11 is 6.38. The maximum atomic E-state index is 6.38. The van der Waals surface area contributed by atoms with E-state index in [1.807, 2.05) is 60.7 Å². The maximum absolute atomic E-state index is 6.38. The Kier molecular flexibility index (Phi) is 7.88. The van der Waals surface area contributed by atoms with E-state index in [0.29, 0.717) is 0 Å². The molecule has 0 saturated carbocycles. The fraction of sp³-hybridized carbons (Fsp3) is 0.333. The predicted octanol–water partition coefficient (Wildman–Crippen LogP) is 5.44. The summed E-state index contributed by atoms with van der Waals surface area (Å²) in [4.78, 5) is 0. The Labute approximate surface area is 133 Å². The van der Waals surface area contributed by atoms with Crippen molar-refractivity contribution >= 4 is 11.8 Å². The SMILES string of the molecule is CC.COc1ccc(C(C)N(Cl)Cc2ccccc2)cc1. The monoisotopic (exact) mass is 305 g/mol. The molecule has 3 heteroatoms. The molecule has 0 bridgehead atoms. The molecule has 2 rings (SSSR count). The lowest BCUT2D eigenvalue weighted by Crippen LogP contribution is -2.16. The van der Waals surface area contributed by atoms with Gasteiger partial charge in [-0.05, 0) is 42.0 Å². The number of hydrogen-bond acceptors (Lipinski definition) is 2. The summed E-state index contributed by atoms with van der Waals surface area (Å²) < 4.78 is 6.98. The van der Waals surface area contributed by atoms with Gasteiger partial charge in [-0.25, -0.2) is 4.42 Å². The molecule has 0 heterocycles. The van der Waals surface area contributed by atoms with Gasteiger partial charge in [-0.15, -0.1) is 0 Å². The van der Waals surface area contributed by atoms with Crippen molar-refractivity contribution in [2.24, 2.45) is 0 Å². The Bertz CT molecular complexity index is 498. The van der Waals surface area contributed by atoms with Gasteiger partial charge in [-0.1, -0.05) is 56.3 Å². The molecule has 0 aliphatic carbocycles. The first kappa shape index (κ1) is 17.5. The molecule has 0 fully saturated rings. The quantitative estimate of drug-likeness (QED) is 0.682. The lowest BCUT2D eigenvalue weighted by atomic mass is 10.1. The maximum Gasteiger partial charge on any atom is 0.118 e. The third kappa shape index (κ3) is 5.41. The van der Waals surface area contributed by atoms with Crippen molar-refractivity contribution in [3.8, 4) is 5.75 Å². The van der Waals surface area contributed by atoms with E-state index in [4.69, 9.17) is 16.5 Å². The van der Waals surface area contributed by atoms with Crippen LogP contribution < -0.4 is 4.74 Å². The molecule has 2 aromatic carbocycles. The number of methoxy groups -OCH3 is 1. The molecule has 0 saturated heterocycles. The van der Waals surface area contributed by atoms with Gasteiger partial charge in [0, 0.05) is 12.6 Å². The highest BCUT2D eigenvalue weighted by Crippen LogP contribution is 2.25. The van der Waals surface area contributed by atoms with Crippen LogP contribution in [0.25, 0.3) is 0 Å². The van der Waals surface area contributed by atoms with Crippen LogP contribution in [0.2, 0.25) is 0 Å². The summed E-state index contributed by atoms with van der Waals surface area (Å²) in [6.45, 7) is 6.81. The molecule has 0 radical (unpaired) electrons. The van der Waals surface area contributed by atoms with E-state index in [1.54, 1.807) is 7.11 Å². The summed E-state index contributed by atoms with van der Waals surface area (Å²) in [6, 6.07) is 18.4. The van der Waals surface area contributed by atoms with Crippen LogP contribution >= 0.6 is 11.8 Å². The van der Waals surface area contributed by atoms with E-state index in [0.717, 1.165) is 12.3 Å². The van der Waals surface area contributed by atoms with Gasteiger partial charge in [0.1, 0.15) is 5.75 Å². The zero-order valence-corrected chi connectivity index (χ0v) is 14.0. The lowest BCUT2D eigenvalue weighted by Gasteiger charge is -2.22. The van der Waals surface area contributed by atoms with Gasteiger partial charge in [0.25, 0.3) is 0 Å². The minimum absolute atomic E-state index is 0.146. The molecule has 0 aromatic heterocycles. The first-order valence-electron chi connectivity index (χ1n) is 7.31. The molecule has 1 atom stereocenters.